The highest BCUT2D eigenvalue weighted by molar-refractivity contribution is 6.28. The van der Waals surface area contributed by atoms with Gasteiger partial charge in [-0.3, -0.25) is 4.57 Å². The number of hydrogen-bond donors (Lipinski definition) is 0. The van der Waals surface area contributed by atoms with Gasteiger partial charge < -0.3 is 14.4 Å². The van der Waals surface area contributed by atoms with Crippen LogP contribution < -0.4 is 15.5 Å². The normalized spacial score (nSPS) is 11.2. The van der Waals surface area contributed by atoms with Crippen LogP contribution in [0.25, 0.3) is 11.5 Å². The van der Waals surface area contributed by atoms with Gasteiger partial charge in [0, 0.05) is 13.1 Å². The Morgan fingerprint density at radius 3 is 2.61 bits per heavy atom. The van der Waals surface area contributed by atoms with Crippen LogP contribution in [-0.4, -0.2) is 26.2 Å². The number of rotatable bonds is 9. The van der Waals surface area contributed by atoms with Gasteiger partial charge in [-0.25, -0.2) is 9.78 Å². The first-order valence-electron chi connectivity index (χ1n) is 9.52. The number of fused-ring (bicyclic) bond motifs is 1. The molecule has 8 heteroatoms. The van der Waals surface area contributed by atoms with Gasteiger partial charge in [-0.15, -0.1) is 0 Å². The molecule has 28 heavy (non-hydrogen) atoms. The number of halogens is 1. The van der Waals surface area contributed by atoms with Crippen molar-refractivity contribution in [2.75, 3.05) is 7.11 Å². The molecule has 1 aromatic rings. The molecule has 0 fully saturated rings. The minimum Gasteiger partial charge on any atom is -0.858 e. The van der Waals surface area contributed by atoms with Crippen LogP contribution >= 0.6 is 11.6 Å². The maximum atomic E-state index is 13.0. The summed E-state index contributed by atoms with van der Waals surface area (Å²) in [6.07, 6.45) is 4.16. The van der Waals surface area contributed by atoms with Crippen LogP contribution in [0.5, 0.6) is 11.6 Å². The highest BCUT2D eigenvalue weighted by Crippen LogP contribution is 2.27. The molecule has 2 aliphatic heterocycles. The monoisotopic (exact) mass is 403 g/mol. The van der Waals surface area contributed by atoms with E-state index in [2.05, 4.69) is 16.9 Å². The fraction of sp³-hybridized carbons (Fsp3) is 0.450. The zero-order valence-electron chi connectivity index (χ0n) is 16.2. The number of nitrogens with zero attached hydrogens (tertiary/aromatic N) is 4. The zero-order valence-corrected chi connectivity index (χ0v) is 16.9. The van der Waals surface area contributed by atoms with Crippen LogP contribution in [0.3, 0.4) is 0 Å². The molecule has 3 rings (SSSR count). The predicted octanol–water partition coefficient (Wildman–Crippen LogP) is 3.10. The quantitative estimate of drug-likeness (QED) is 0.405. The molecule has 0 spiro atoms. The Morgan fingerprint density at radius 1 is 1.11 bits per heavy atom. The SMILES string of the molecule is CCCCCn1c2nc(Cl)nc-2c([O-])n(CCCc2ccccc2OC)c1=O. The molecular formula is C20H24ClN4O3-. The third-order valence-corrected chi connectivity index (χ3v) is 4.95. The van der Waals surface area contributed by atoms with Crippen molar-refractivity contribution in [1.82, 2.24) is 19.1 Å². The van der Waals surface area contributed by atoms with Crippen LogP contribution in [0.1, 0.15) is 38.2 Å². The van der Waals surface area contributed by atoms with Gasteiger partial charge in [0.1, 0.15) is 11.4 Å². The second kappa shape index (κ2) is 9.10. The lowest BCUT2D eigenvalue weighted by Gasteiger charge is -2.22. The summed E-state index contributed by atoms with van der Waals surface area (Å²) in [5.74, 6) is 0.638. The average molecular weight is 404 g/mol. The van der Waals surface area contributed by atoms with Crippen molar-refractivity contribution in [1.29, 1.82) is 0 Å². The van der Waals surface area contributed by atoms with Crippen LogP contribution in [0, 0.1) is 0 Å². The van der Waals surface area contributed by atoms with Gasteiger partial charge in [-0.1, -0.05) is 38.0 Å². The van der Waals surface area contributed by atoms with E-state index in [0.29, 0.717) is 25.9 Å². The van der Waals surface area contributed by atoms with E-state index in [0.717, 1.165) is 30.6 Å². The molecule has 0 aliphatic carbocycles. The smallest absolute Gasteiger partial charge is 0.329 e. The number of unbranched alkanes of at least 4 members (excludes halogenated alkanes) is 2. The van der Waals surface area contributed by atoms with Gasteiger partial charge in [0.05, 0.1) is 7.11 Å². The Kier molecular flexibility index (Phi) is 6.57. The number of ether oxygens (including phenoxy) is 1. The van der Waals surface area contributed by atoms with Crippen molar-refractivity contribution in [3.63, 3.8) is 0 Å². The first-order valence-corrected chi connectivity index (χ1v) is 9.90. The predicted molar refractivity (Wildman–Crippen MR) is 106 cm³/mol. The maximum absolute atomic E-state index is 13.0. The summed E-state index contributed by atoms with van der Waals surface area (Å²) in [6.45, 7) is 2.88. The summed E-state index contributed by atoms with van der Waals surface area (Å²) in [6, 6.07) is 7.73. The van der Waals surface area contributed by atoms with E-state index in [1.165, 1.54) is 9.13 Å². The minimum absolute atomic E-state index is 0.0116. The summed E-state index contributed by atoms with van der Waals surface area (Å²) >= 11 is 5.91. The van der Waals surface area contributed by atoms with Gasteiger partial charge in [0.25, 0.3) is 0 Å². The summed E-state index contributed by atoms with van der Waals surface area (Å²) in [5.41, 5.74) is 0.835. The molecule has 1 aromatic carbocycles. The number of hydrogen-bond acceptors (Lipinski definition) is 5. The highest BCUT2D eigenvalue weighted by Gasteiger charge is 2.20. The van der Waals surface area contributed by atoms with Crippen molar-refractivity contribution >= 4 is 11.6 Å². The lowest BCUT2D eigenvalue weighted by atomic mass is 10.1. The molecule has 0 radical (unpaired) electrons. The van der Waals surface area contributed by atoms with E-state index in [9.17, 15) is 9.90 Å². The molecule has 2 heterocycles. The van der Waals surface area contributed by atoms with Gasteiger partial charge in [-0.2, -0.15) is 4.98 Å². The van der Waals surface area contributed by atoms with Crippen molar-refractivity contribution in [2.24, 2.45) is 0 Å². The molecule has 0 amide bonds. The third-order valence-electron chi connectivity index (χ3n) is 4.78. The van der Waals surface area contributed by atoms with E-state index >= 15 is 0 Å². The van der Waals surface area contributed by atoms with E-state index in [4.69, 9.17) is 16.3 Å². The Hall–Kier alpha value is -2.54. The fourth-order valence-corrected chi connectivity index (χ4v) is 3.51. The van der Waals surface area contributed by atoms with Crippen LogP contribution in [0.15, 0.2) is 29.1 Å². The minimum atomic E-state index is -0.439. The molecule has 0 N–H and O–H groups in total. The molecule has 0 saturated carbocycles. The largest absolute Gasteiger partial charge is 0.858 e. The van der Waals surface area contributed by atoms with E-state index in [-0.39, 0.29) is 22.5 Å². The third kappa shape index (κ3) is 4.14. The molecule has 0 saturated heterocycles. The van der Waals surface area contributed by atoms with E-state index in [1.807, 2.05) is 24.3 Å². The Morgan fingerprint density at radius 2 is 1.86 bits per heavy atom. The topological polar surface area (TPSA) is 85.0 Å². The molecular weight excluding hydrogens is 380 g/mol. The Balaban J connectivity index is 1.87. The molecule has 2 aliphatic rings. The Bertz CT molecular complexity index is 967. The molecule has 7 nitrogen and oxygen atoms in total. The van der Waals surface area contributed by atoms with E-state index in [1.54, 1.807) is 7.11 Å². The first kappa shape index (κ1) is 20.2. The molecule has 0 atom stereocenters. The number of imidazole rings is 1. The van der Waals surface area contributed by atoms with Crippen molar-refractivity contribution in [2.45, 2.75) is 52.1 Å². The summed E-state index contributed by atoms with van der Waals surface area (Å²) < 4.78 is 8.13. The van der Waals surface area contributed by atoms with Crippen LogP contribution in [-0.2, 0) is 19.5 Å². The summed E-state index contributed by atoms with van der Waals surface area (Å²) in [7, 11) is 1.63. The molecule has 0 bridgehead atoms. The number of benzene rings is 1. The fourth-order valence-electron chi connectivity index (χ4n) is 3.35. The van der Waals surface area contributed by atoms with Gasteiger partial charge in [0.2, 0.25) is 5.28 Å². The van der Waals surface area contributed by atoms with Crippen LogP contribution in [0.2, 0.25) is 5.28 Å². The zero-order chi connectivity index (χ0) is 20.1. The number of aryl methyl sites for hydroxylation is 1. The average Bonchev–Trinajstić information content (AvgIpc) is 3.09. The van der Waals surface area contributed by atoms with Gasteiger partial charge >= 0.3 is 5.69 Å². The number of methoxy groups -OCH3 is 1. The van der Waals surface area contributed by atoms with Gasteiger partial charge in [0.15, 0.2) is 5.82 Å². The molecule has 150 valence electrons. The number of para-hydroxylation sites is 1. The molecule has 0 unspecified atom stereocenters. The van der Waals surface area contributed by atoms with Crippen molar-refractivity contribution in [3.8, 4) is 23.1 Å². The van der Waals surface area contributed by atoms with Crippen molar-refractivity contribution < 1.29 is 9.84 Å². The molecule has 0 aromatic heterocycles. The van der Waals surface area contributed by atoms with Crippen molar-refractivity contribution in [3.05, 3.63) is 45.6 Å². The van der Waals surface area contributed by atoms with E-state index < -0.39 is 5.88 Å². The maximum Gasteiger partial charge on any atom is 0.329 e. The highest BCUT2D eigenvalue weighted by atomic mass is 35.5. The summed E-state index contributed by atoms with van der Waals surface area (Å²) in [4.78, 5) is 21.1. The summed E-state index contributed by atoms with van der Waals surface area (Å²) in [5, 5.41) is 12.8. The lowest BCUT2D eigenvalue weighted by Crippen LogP contribution is -2.35. The second-order valence-corrected chi connectivity index (χ2v) is 7.02. The lowest BCUT2D eigenvalue weighted by molar-refractivity contribution is -0.279. The second-order valence-electron chi connectivity index (χ2n) is 6.68. The first-order chi connectivity index (χ1) is 13.6. The standard InChI is InChI=1S/C20H25ClN4O3/c1-3-4-7-12-24-17-16(22-19(21)23-17)18(26)25(20(24)27)13-8-10-14-9-5-6-11-15(14)28-2/h5-6,9,11,26H,3-4,7-8,10,12-13H2,1-2H3/p-1. The van der Waals surface area contributed by atoms with Gasteiger partial charge in [-0.05, 0) is 48.4 Å². The Labute approximate surface area is 168 Å². The van der Waals surface area contributed by atoms with Crippen LogP contribution in [0.4, 0.5) is 0 Å². The number of aromatic nitrogens is 4.